The number of piperazine rings is 1. The summed E-state index contributed by atoms with van der Waals surface area (Å²) in [5.41, 5.74) is 1.23. The van der Waals surface area contributed by atoms with E-state index in [-0.39, 0.29) is 29.6 Å². The zero-order chi connectivity index (χ0) is 25.7. The van der Waals surface area contributed by atoms with Gasteiger partial charge in [-0.15, -0.1) is 0 Å². The third-order valence-corrected chi connectivity index (χ3v) is 6.68. The maximum atomic E-state index is 13.3. The van der Waals surface area contributed by atoms with Crippen molar-refractivity contribution in [2.24, 2.45) is 5.41 Å². The van der Waals surface area contributed by atoms with Crippen molar-refractivity contribution >= 4 is 23.1 Å². The van der Waals surface area contributed by atoms with Gasteiger partial charge in [-0.25, -0.2) is 9.37 Å². The Morgan fingerprint density at radius 1 is 1.29 bits per heavy atom. The normalized spacial score (nSPS) is 21.1. The maximum absolute atomic E-state index is 13.3. The van der Waals surface area contributed by atoms with E-state index in [9.17, 15) is 19.1 Å². The average molecular weight is 483 g/mol. The predicted octanol–water partition coefficient (Wildman–Crippen LogP) is 1.44. The number of rotatable bonds is 5. The van der Waals surface area contributed by atoms with Gasteiger partial charge >= 0.3 is 0 Å². The van der Waals surface area contributed by atoms with E-state index in [4.69, 9.17) is 5.41 Å². The van der Waals surface area contributed by atoms with E-state index < -0.39 is 11.8 Å². The molecule has 0 radical (unpaired) electrons. The number of halogens is 1. The van der Waals surface area contributed by atoms with Crippen molar-refractivity contribution in [1.29, 1.82) is 0 Å². The van der Waals surface area contributed by atoms with Crippen LogP contribution in [0.25, 0.3) is 5.57 Å². The second-order valence-corrected chi connectivity index (χ2v) is 10.8. The summed E-state index contributed by atoms with van der Waals surface area (Å²) in [4.78, 5) is 34.1. The molecule has 2 aliphatic rings. The van der Waals surface area contributed by atoms with Crippen LogP contribution in [0.15, 0.2) is 36.5 Å². The van der Waals surface area contributed by atoms with Gasteiger partial charge in [-0.1, -0.05) is 20.8 Å². The van der Waals surface area contributed by atoms with Crippen LogP contribution in [0.5, 0.6) is 0 Å². The molecule has 2 aliphatic heterocycles. The van der Waals surface area contributed by atoms with Gasteiger partial charge in [0, 0.05) is 24.7 Å². The van der Waals surface area contributed by atoms with Crippen molar-refractivity contribution in [2.75, 3.05) is 19.6 Å². The molecule has 3 heterocycles. The molecular formula is C26H33FN5O3+. The highest BCUT2D eigenvalue weighted by molar-refractivity contribution is 6.08. The number of nitrogens with two attached hydrogens (primary N) is 1. The molecule has 2 amide bonds. The van der Waals surface area contributed by atoms with Crippen molar-refractivity contribution in [3.63, 3.8) is 0 Å². The number of carbonyl (C=O) groups is 2. The number of benzene rings is 1. The molecule has 9 heteroatoms. The van der Waals surface area contributed by atoms with Crippen LogP contribution >= 0.6 is 0 Å². The summed E-state index contributed by atoms with van der Waals surface area (Å²) in [7, 11) is 0. The Balaban J connectivity index is 1.64. The summed E-state index contributed by atoms with van der Waals surface area (Å²) in [5.74, 6) is -0.252. The molecule has 35 heavy (non-hydrogen) atoms. The molecule has 1 saturated heterocycles. The second kappa shape index (κ2) is 8.71. The number of nitrogens with zero attached hydrogens (tertiary/aromatic N) is 4. The number of hydrogen-bond acceptors (Lipinski definition) is 4. The van der Waals surface area contributed by atoms with E-state index in [0.29, 0.717) is 42.3 Å². The fourth-order valence-electron chi connectivity index (χ4n) is 5.00. The number of fused-ring (bicyclic) bond motifs is 3. The lowest BCUT2D eigenvalue weighted by Crippen LogP contribution is -2.62. The van der Waals surface area contributed by atoms with E-state index in [1.807, 2.05) is 39.2 Å². The zero-order valence-electron chi connectivity index (χ0n) is 20.9. The van der Waals surface area contributed by atoms with Gasteiger partial charge in [-0.2, -0.15) is 0 Å². The molecule has 3 N–H and O–H groups in total. The van der Waals surface area contributed by atoms with Crippen molar-refractivity contribution < 1.29 is 24.5 Å². The molecule has 0 bridgehead atoms. The fourth-order valence-corrected chi connectivity index (χ4v) is 5.00. The molecule has 2 atom stereocenters. The third-order valence-electron chi connectivity index (χ3n) is 6.68. The minimum Gasteiger partial charge on any atom is -0.383 e. The Morgan fingerprint density at radius 2 is 1.94 bits per heavy atom. The number of carbonyl (C=O) groups excluding carboxylic acids is 2. The molecule has 8 nitrogen and oxygen atoms in total. The van der Waals surface area contributed by atoms with Gasteiger partial charge in [0.1, 0.15) is 29.1 Å². The number of aliphatic hydroxyl groups is 1. The molecule has 1 aromatic heterocycles. The molecule has 2 unspecified atom stereocenters. The van der Waals surface area contributed by atoms with Crippen LogP contribution in [-0.4, -0.2) is 67.7 Å². The minimum atomic E-state index is -1.10. The standard InChI is InChI=1S/C26H32FN5O3/c1-16(12-19(28)17-6-8-18(27)9-7-17)22-29-14-20-23(34)31-11-10-30(15-26(31,5)32(20)22)24(35)21(33)13-25(2,3)4/h6-9,12,14,21,28,33H,10-11,13,15H2,1-5H3/p+1. The lowest BCUT2D eigenvalue weighted by atomic mass is 9.88. The van der Waals surface area contributed by atoms with Crippen LogP contribution in [0, 0.1) is 11.2 Å². The molecular weight excluding hydrogens is 449 g/mol. The van der Waals surface area contributed by atoms with Gasteiger partial charge in [0.25, 0.3) is 11.8 Å². The summed E-state index contributed by atoms with van der Waals surface area (Å²) < 4.78 is 15.1. The predicted molar refractivity (Wildman–Crippen MR) is 130 cm³/mol. The Morgan fingerprint density at radius 3 is 2.57 bits per heavy atom. The van der Waals surface area contributed by atoms with Gasteiger partial charge in [0.05, 0.1) is 12.7 Å². The Kier molecular flexibility index (Phi) is 6.17. The molecule has 1 aromatic carbocycles. The monoisotopic (exact) mass is 482 g/mol. The van der Waals surface area contributed by atoms with E-state index in [2.05, 4.69) is 4.98 Å². The first kappa shape index (κ1) is 24.8. The highest BCUT2D eigenvalue weighted by atomic mass is 19.1. The van der Waals surface area contributed by atoms with Crippen LogP contribution in [0.1, 0.15) is 62.9 Å². The lowest BCUT2D eigenvalue weighted by Gasteiger charge is -2.46. The molecule has 1 fully saturated rings. The van der Waals surface area contributed by atoms with Crippen molar-refractivity contribution in [2.45, 2.75) is 52.8 Å². The summed E-state index contributed by atoms with van der Waals surface area (Å²) in [5, 5.41) is 16.8. The first-order valence-corrected chi connectivity index (χ1v) is 11.8. The van der Waals surface area contributed by atoms with Crippen molar-refractivity contribution in [3.8, 4) is 0 Å². The molecule has 186 valence electrons. The number of allylic oxidation sites excluding steroid dienone is 2. The quantitative estimate of drug-likeness (QED) is 0.630. The molecule has 0 saturated carbocycles. The smallest absolute Gasteiger partial charge is 0.274 e. The second-order valence-electron chi connectivity index (χ2n) is 10.8. The summed E-state index contributed by atoms with van der Waals surface area (Å²) in [6, 6.07) is 5.89. The first-order valence-electron chi connectivity index (χ1n) is 11.8. The Bertz CT molecular complexity index is 1210. The topological polar surface area (TPSA) is 104 Å². The molecule has 4 rings (SSSR count). The highest BCUT2D eigenvalue weighted by Crippen LogP contribution is 2.39. The van der Waals surface area contributed by atoms with Crippen LogP contribution in [0.3, 0.4) is 0 Å². The third kappa shape index (κ3) is 4.52. The van der Waals surface area contributed by atoms with Crippen LogP contribution in [0.2, 0.25) is 0 Å². The van der Waals surface area contributed by atoms with Gasteiger partial charge in [-0.05, 0) is 55.5 Å². The van der Waals surface area contributed by atoms with E-state index in [1.165, 1.54) is 12.1 Å². The SMILES string of the molecule is CC(=CC(=[NH2+])c1ccc(F)cc1)c1ncc2n1C1(C)CN(C(=O)C(O)CC(C)(C)C)CCN1C2=O. The van der Waals surface area contributed by atoms with Crippen LogP contribution in [0.4, 0.5) is 4.39 Å². The molecule has 2 aromatic rings. The number of aliphatic hydroxyl groups excluding tert-OH is 1. The van der Waals surface area contributed by atoms with Gasteiger partial charge in [0.2, 0.25) is 5.71 Å². The summed E-state index contributed by atoms with van der Waals surface area (Å²) in [6.45, 7) is 10.6. The van der Waals surface area contributed by atoms with Crippen LogP contribution in [-0.2, 0) is 10.5 Å². The van der Waals surface area contributed by atoms with E-state index >= 15 is 0 Å². The van der Waals surface area contributed by atoms with Gasteiger partial charge in [0.15, 0.2) is 0 Å². The maximum Gasteiger partial charge on any atom is 0.274 e. The number of hydrogen-bond donors (Lipinski definition) is 2. The number of imidazole rings is 1. The van der Waals surface area contributed by atoms with Crippen molar-refractivity contribution in [3.05, 3.63) is 59.4 Å². The fraction of sp³-hybridized carbons (Fsp3) is 0.462. The van der Waals surface area contributed by atoms with Crippen LogP contribution < -0.4 is 5.41 Å². The van der Waals surface area contributed by atoms with E-state index in [1.54, 1.807) is 34.2 Å². The lowest BCUT2D eigenvalue weighted by molar-refractivity contribution is -0.148. The minimum absolute atomic E-state index is 0.142. The van der Waals surface area contributed by atoms with Crippen molar-refractivity contribution in [1.82, 2.24) is 19.4 Å². The summed E-state index contributed by atoms with van der Waals surface area (Å²) in [6.07, 6.45) is 2.55. The van der Waals surface area contributed by atoms with Gasteiger partial charge in [-0.3, -0.25) is 19.6 Å². The first-order chi connectivity index (χ1) is 16.3. The number of aromatic nitrogens is 2. The largest absolute Gasteiger partial charge is 0.383 e. The Hall–Kier alpha value is -3.33. The summed E-state index contributed by atoms with van der Waals surface area (Å²) >= 11 is 0. The number of amides is 2. The molecule has 0 aliphatic carbocycles. The Labute approximate surface area is 204 Å². The highest BCUT2D eigenvalue weighted by Gasteiger charge is 2.52. The van der Waals surface area contributed by atoms with E-state index in [0.717, 1.165) is 5.57 Å². The molecule has 0 spiro atoms. The van der Waals surface area contributed by atoms with Gasteiger partial charge < -0.3 is 14.9 Å². The zero-order valence-corrected chi connectivity index (χ0v) is 20.9. The average Bonchev–Trinajstić information content (AvgIpc) is 3.31.